The van der Waals surface area contributed by atoms with Crippen molar-refractivity contribution in [3.8, 4) is 0 Å². The minimum Gasteiger partial charge on any atom is -0.294 e. The molecule has 0 fully saturated rings. The lowest BCUT2D eigenvalue weighted by Gasteiger charge is -2.34. The second-order valence-corrected chi connectivity index (χ2v) is 6.05. The van der Waals surface area contributed by atoms with E-state index >= 15 is 0 Å². The molecule has 1 aliphatic carbocycles. The van der Waals surface area contributed by atoms with Crippen LogP contribution in [0.5, 0.6) is 0 Å². The van der Waals surface area contributed by atoms with Gasteiger partial charge in [-0.05, 0) is 25.0 Å². The first kappa shape index (κ1) is 14.5. The maximum Gasteiger partial charge on any atom is 0.164 e. The second-order valence-electron chi connectivity index (χ2n) is 6.05. The molecule has 0 heterocycles. The molecule has 0 amide bonds. The van der Waals surface area contributed by atoms with Gasteiger partial charge in [-0.25, -0.2) is 0 Å². The molecule has 0 aromatic heterocycles. The van der Waals surface area contributed by atoms with Crippen LogP contribution >= 0.6 is 0 Å². The fourth-order valence-corrected chi connectivity index (χ4v) is 3.21. The minimum atomic E-state index is -0.363. The molecule has 0 spiro atoms. The number of Topliss-reactive ketones (excluding diaryl/α,β-unsaturated/α-hetero) is 1. The second kappa shape index (κ2) is 5.76. The first-order chi connectivity index (χ1) is 10.6. The van der Waals surface area contributed by atoms with Crippen molar-refractivity contribution in [2.75, 3.05) is 0 Å². The summed E-state index contributed by atoms with van der Waals surface area (Å²) in [7, 11) is 0. The van der Waals surface area contributed by atoms with Crippen LogP contribution in [-0.4, -0.2) is 5.78 Å². The van der Waals surface area contributed by atoms with Crippen LogP contribution in [0.2, 0.25) is 0 Å². The molecule has 3 rings (SSSR count). The summed E-state index contributed by atoms with van der Waals surface area (Å²) in [6.07, 6.45) is 4.68. The molecule has 2 aromatic carbocycles. The topological polar surface area (TPSA) is 17.1 Å². The van der Waals surface area contributed by atoms with Crippen LogP contribution in [0.25, 0.3) is 0 Å². The largest absolute Gasteiger partial charge is 0.294 e. The molecule has 1 heteroatoms. The van der Waals surface area contributed by atoms with Gasteiger partial charge >= 0.3 is 0 Å². The van der Waals surface area contributed by atoms with Crippen molar-refractivity contribution in [3.63, 3.8) is 0 Å². The number of benzene rings is 2. The molecule has 0 radical (unpaired) electrons. The molecular weight excluding hydrogens is 268 g/mol. The minimum absolute atomic E-state index is 0.218. The molecule has 0 aliphatic heterocycles. The standard InChI is InChI=1S/C21H20O/c1-16(2)19-13-14-21(15-20(19)22,17-9-5-3-6-10-17)18-11-7-4-8-12-18/h3-14H,15H2,1-2H3. The molecule has 0 N–H and O–H groups in total. The van der Waals surface area contributed by atoms with Gasteiger partial charge in [-0.1, -0.05) is 78.4 Å². The molecule has 1 aliphatic rings. The Labute approximate surface area is 132 Å². The summed E-state index contributed by atoms with van der Waals surface area (Å²) in [5, 5.41) is 0. The van der Waals surface area contributed by atoms with Crippen molar-refractivity contribution in [1.29, 1.82) is 0 Å². The summed E-state index contributed by atoms with van der Waals surface area (Å²) in [5.41, 5.74) is 3.90. The van der Waals surface area contributed by atoms with Gasteiger partial charge in [0.1, 0.15) is 0 Å². The SMILES string of the molecule is CC(C)=C1C=CC(c2ccccc2)(c2ccccc2)CC1=O. The van der Waals surface area contributed by atoms with Gasteiger partial charge in [-0.3, -0.25) is 4.79 Å². The van der Waals surface area contributed by atoms with E-state index in [1.54, 1.807) is 0 Å². The maximum absolute atomic E-state index is 12.7. The van der Waals surface area contributed by atoms with E-state index < -0.39 is 0 Å². The zero-order chi connectivity index (χ0) is 15.6. The molecule has 0 bridgehead atoms. The normalized spacial score (nSPS) is 16.6. The van der Waals surface area contributed by atoms with Crippen molar-refractivity contribution in [3.05, 3.63) is 95.1 Å². The van der Waals surface area contributed by atoms with Crippen molar-refractivity contribution in [2.24, 2.45) is 0 Å². The van der Waals surface area contributed by atoms with Crippen molar-refractivity contribution in [2.45, 2.75) is 25.7 Å². The Morgan fingerprint density at radius 2 is 1.36 bits per heavy atom. The zero-order valence-corrected chi connectivity index (χ0v) is 13.0. The van der Waals surface area contributed by atoms with Gasteiger partial charge in [0.15, 0.2) is 5.78 Å². The summed E-state index contributed by atoms with van der Waals surface area (Å²) in [6, 6.07) is 20.6. The number of allylic oxidation sites excluding steroid dienone is 4. The highest BCUT2D eigenvalue weighted by molar-refractivity contribution is 6.01. The maximum atomic E-state index is 12.7. The van der Waals surface area contributed by atoms with E-state index in [4.69, 9.17) is 0 Å². The lowest BCUT2D eigenvalue weighted by atomic mass is 9.67. The Kier molecular flexibility index (Phi) is 3.81. The summed E-state index contributed by atoms with van der Waals surface area (Å²) in [4.78, 5) is 12.7. The third kappa shape index (κ3) is 2.43. The van der Waals surface area contributed by atoms with E-state index in [1.807, 2.05) is 56.3 Å². The highest BCUT2D eigenvalue weighted by atomic mass is 16.1. The van der Waals surface area contributed by atoms with Gasteiger partial charge in [0.2, 0.25) is 0 Å². The third-order valence-electron chi connectivity index (χ3n) is 4.39. The number of ketones is 1. The smallest absolute Gasteiger partial charge is 0.164 e. The zero-order valence-electron chi connectivity index (χ0n) is 13.0. The molecule has 110 valence electrons. The number of carbonyl (C=O) groups excluding carboxylic acids is 1. The highest BCUT2D eigenvalue weighted by Gasteiger charge is 2.37. The molecule has 1 nitrogen and oxygen atoms in total. The lowest BCUT2D eigenvalue weighted by molar-refractivity contribution is -0.116. The highest BCUT2D eigenvalue weighted by Crippen LogP contribution is 2.41. The van der Waals surface area contributed by atoms with Gasteiger partial charge in [0.05, 0.1) is 0 Å². The van der Waals surface area contributed by atoms with Crippen molar-refractivity contribution in [1.82, 2.24) is 0 Å². The summed E-state index contributed by atoms with van der Waals surface area (Å²) in [6.45, 7) is 3.99. The van der Waals surface area contributed by atoms with E-state index in [2.05, 4.69) is 30.3 Å². The van der Waals surface area contributed by atoms with Crippen LogP contribution in [0.15, 0.2) is 84.0 Å². The molecule has 22 heavy (non-hydrogen) atoms. The number of rotatable bonds is 2. The average molecular weight is 288 g/mol. The van der Waals surface area contributed by atoms with Gasteiger partial charge in [0, 0.05) is 17.4 Å². The summed E-state index contributed by atoms with van der Waals surface area (Å²) in [5.74, 6) is 0.218. The predicted octanol–water partition coefficient (Wildman–Crippen LogP) is 4.84. The van der Waals surface area contributed by atoms with E-state index in [0.29, 0.717) is 6.42 Å². The van der Waals surface area contributed by atoms with Crippen LogP contribution < -0.4 is 0 Å². The van der Waals surface area contributed by atoms with E-state index in [-0.39, 0.29) is 11.2 Å². The van der Waals surface area contributed by atoms with Crippen LogP contribution in [0.1, 0.15) is 31.4 Å². The monoisotopic (exact) mass is 288 g/mol. The van der Waals surface area contributed by atoms with Crippen LogP contribution in [0.3, 0.4) is 0 Å². The Hall–Kier alpha value is -2.41. The Morgan fingerprint density at radius 1 is 0.864 bits per heavy atom. The first-order valence-electron chi connectivity index (χ1n) is 7.64. The van der Waals surface area contributed by atoms with Crippen molar-refractivity contribution < 1.29 is 4.79 Å². The van der Waals surface area contributed by atoms with Gasteiger partial charge < -0.3 is 0 Å². The third-order valence-corrected chi connectivity index (χ3v) is 4.39. The fourth-order valence-electron chi connectivity index (χ4n) is 3.21. The van der Waals surface area contributed by atoms with E-state index in [1.165, 1.54) is 11.1 Å². The van der Waals surface area contributed by atoms with Crippen LogP contribution in [0, 0.1) is 0 Å². The Bertz CT molecular complexity index is 692. The Balaban J connectivity index is 2.21. The first-order valence-corrected chi connectivity index (χ1v) is 7.64. The number of carbonyl (C=O) groups is 1. The molecule has 0 saturated carbocycles. The van der Waals surface area contributed by atoms with E-state index in [0.717, 1.165) is 11.1 Å². The average Bonchev–Trinajstić information content (AvgIpc) is 2.56. The number of hydrogen-bond donors (Lipinski definition) is 0. The molecule has 0 atom stereocenters. The van der Waals surface area contributed by atoms with Crippen LogP contribution in [0.4, 0.5) is 0 Å². The fraction of sp³-hybridized carbons (Fsp3) is 0.190. The lowest BCUT2D eigenvalue weighted by Crippen LogP contribution is -2.32. The molecule has 0 unspecified atom stereocenters. The Morgan fingerprint density at radius 3 is 1.77 bits per heavy atom. The summed E-state index contributed by atoms with van der Waals surface area (Å²) < 4.78 is 0. The predicted molar refractivity (Wildman–Crippen MR) is 90.8 cm³/mol. The van der Waals surface area contributed by atoms with Crippen LogP contribution in [-0.2, 0) is 10.2 Å². The van der Waals surface area contributed by atoms with Gasteiger partial charge in [-0.15, -0.1) is 0 Å². The summed E-state index contributed by atoms with van der Waals surface area (Å²) >= 11 is 0. The number of hydrogen-bond acceptors (Lipinski definition) is 1. The van der Waals surface area contributed by atoms with Gasteiger partial charge in [0.25, 0.3) is 0 Å². The molecular formula is C21H20O. The van der Waals surface area contributed by atoms with E-state index in [9.17, 15) is 4.79 Å². The molecule has 2 aromatic rings. The quantitative estimate of drug-likeness (QED) is 0.723. The van der Waals surface area contributed by atoms with Gasteiger partial charge in [-0.2, -0.15) is 0 Å². The molecule has 0 saturated heterocycles. The van der Waals surface area contributed by atoms with Crippen molar-refractivity contribution >= 4 is 5.78 Å².